The number of nitrogens with zero attached hydrogens (tertiary/aromatic N) is 5. The first-order valence-corrected chi connectivity index (χ1v) is 12.0. The van der Waals surface area contributed by atoms with E-state index in [1.807, 2.05) is 6.92 Å². The monoisotopic (exact) mass is 507 g/mol. The second-order valence-electron chi connectivity index (χ2n) is 9.23. The number of carbonyl (C=O) groups excluding carboxylic acids is 3. The molecule has 11 heteroatoms. The molecule has 4 amide bonds. The summed E-state index contributed by atoms with van der Waals surface area (Å²) in [5, 5.41) is 7.00. The number of nitrogen functional groups attached to an aromatic ring is 1. The lowest BCUT2D eigenvalue weighted by Crippen LogP contribution is -2.70. The average Bonchev–Trinajstić information content (AvgIpc) is 3.31. The van der Waals surface area contributed by atoms with Crippen LogP contribution in [0, 0.1) is 18.7 Å². The first-order valence-electron chi connectivity index (χ1n) is 12.0. The molecule has 3 aromatic rings. The number of nitrogens with one attached hydrogen (secondary N) is 1. The number of aryl methyl sites for hydroxylation is 2. The van der Waals surface area contributed by atoms with Crippen molar-refractivity contribution in [3.63, 3.8) is 0 Å². The van der Waals surface area contributed by atoms with E-state index >= 15 is 0 Å². The zero-order valence-electron chi connectivity index (χ0n) is 21.2. The van der Waals surface area contributed by atoms with Crippen molar-refractivity contribution >= 4 is 29.5 Å². The summed E-state index contributed by atoms with van der Waals surface area (Å²) in [5.41, 5.74) is 7.67. The Kier molecular flexibility index (Phi) is 7.23. The number of amides is 4. The van der Waals surface area contributed by atoms with Crippen molar-refractivity contribution in [1.82, 2.24) is 25.0 Å². The van der Waals surface area contributed by atoms with Crippen LogP contribution in [0.15, 0.2) is 48.8 Å². The molecule has 1 saturated heterocycles. The lowest BCUT2D eigenvalue weighted by Gasteiger charge is -2.45. The summed E-state index contributed by atoms with van der Waals surface area (Å²) in [7, 11) is 3.27. The highest BCUT2D eigenvalue weighted by Gasteiger charge is 2.55. The van der Waals surface area contributed by atoms with E-state index in [4.69, 9.17) is 5.73 Å². The van der Waals surface area contributed by atoms with Crippen molar-refractivity contribution < 1.29 is 18.8 Å². The molecule has 0 spiro atoms. The van der Waals surface area contributed by atoms with E-state index in [0.29, 0.717) is 23.6 Å². The van der Waals surface area contributed by atoms with Crippen molar-refractivity contribution in [2.45, 2.75) is 38.8 Å². The number of nitrogens with two attached hydrogens (primary N) is 1. The van der Waals surface area contributed by atoms with Crippen LogP contribution in [0.1, 0.15) is 36.1 Å². The van der Waals surface area contributed by atoms with Gasteiger partial charge in [0.25, 0.3) is 5.91 Å². The molecule has 10 nitrogen and oxygen atoms in total. The Morgan fingerprint density at radius 3 is 2.65 bits per heavy atom. The van der Waals surface area contributed by atoms with Gasteiger partial charge in [-0.25, -0.2) is 14.2 Å². The molecule has 1 aromatic carbocycles. The number of hydrogen-bond acceptors (Lipinski definition) is 6. The van der Waals surface area contributed by atoms with Crippen LogP contribution in [-0.4, -0.2) is 50.6 Å². The van der Waals surface area contributed by atoms with Gasteiger partial charge in [0, 0.05) is 38.1 Å². The molecule has 1 aliphatic rings. The summed E-state index contributed by atoms with van der Waals surface area (Å²) in [6.45, 7) is 3.63. The molecule has 37 heavy (non-hydrogen) atoms. The summed E-state index contributed by atoms with van der Waals surface area (Å²) in [6, 6.07) is 7.15. The van der Waals surface area contributed by atoms with Gasteiger partial charge in [-0.3, -0.25) is 24.1 Å². The number of likely N-dealkylation sites (tertiary alicyclic amines) is 1. The predicted molar refractivity (Wildman–Crippen MR) is 136 cm³/mol. The van der Waals surface area contributed by atoms with Gasteiger partial charge < -0.3 is 11.1 Å². The van der Waals surface area contributed by atoms with Crippen molar-refractivity contribution in [3.8, 4) is 0 Å². The van der Waals surface area contributed by atoms with Crippen LogP contribution < -0.4 is 16.0 Å². The molecule has 0 bridgehead atoms. The Morgan fingerprint density at radius 2 is 2.00 bits per heavy atom. The van der Waals surface area contributed by atoms with Crippen LogP contribution in [0.25, 0.3) is 0 Å². The third-order valence-electron chi connectivity index (χ3n) is 6.59. The van der Waals surface area contributed by atoms with Gasteiger partial charge in [-0.1, -0.05) is 24.6 Å². The number of hydrogen-bond donors (Lipinski definition) is 2. The van der Waals surface area contributed by atoms with Crippen molar-refractivity contribution in [3.05, 3.63) is 71.3 Å². The number of urea groups is 1. The maximum atomic E-state index is 14.6. The number of anilines is 2. The molecule has 3 heterocycles. The van der Waals surface area contributed by atoms with E-state index < -0.39 is 41.7 Å². The molecule has 2 aromatic heterocycles. The van der Waals surface area contributed by atoms with Crippen LogP contribution in [0.5, 0.6) is 0 Å². The highest BCUT2D eigenvalue weighted by atomic mass is 19.1. The van der Waals surface area contributed by atoms with E-state index in [9.17, 15) is 18.8 Å². The summed E-state index contributed by atoms with van der Waals surface area (Å²) >= 11 is 0. The number of likely N-dealkylation sites (N-methyl/N-ethyl adjacent to an activating group) is 1. The Bertz CT molecular complexity index is 1340. The number of β-lactam (4-membered cyclic amide) rings is 1. The van der Waals surface area contributed by atoms with Gasteiger partial charge in [-0.15, -0.1) is 0 Å². The number of halogens is 1. The molecule has 4 rings (SSSR count). The summed E-state index contributed by atoms with van der Waals surface area (Å²) < 4.78 is 16.1. The third-order valence-corrected chi connectivity index (χ3v) is 6.59. The molecule has 1 fully saturated rings. The molecule has 0 radical (unpaired) electrons. The topological polar surface area (TPSA) is 126 Å². The number of imide groups is 1. The number of pyridine rings is 1. The highest BCUT2D eigenvalue weighted by Crippen LogP contribution is 2.33. The first-order chi connectivity index (χ1) is 17.6. The zero-order chi connectivity index (χ0) is 26.9. The fourth-order valence-corrected chi connectivity index (χ4v) is 4.57. The van der Waals surface area contributed by atoms with E-state index in [0.717, 1.165) is 16.0 Å². The third kappa shape index (κ3) is 5.16. The Balaban J connectivity index is 1.61. The minimum Gasteiger partial charge on any atom is -0.384 e. The van der Waals surface area contributed by atoms with Crippen molar-refractivity contribution in [2.24, 2.45) is 13.0 Å². The Morgan fingerprint density at radius 1 is 1.24 bits per heavy atom. The largest absolute Gasteiger partial charge is 0.384 e. The molecular weight excluding hydrogens is 477 g/mol. The fourth-order valence-electron chi connectivity index (χ4n) is 4.57. The SMILES string of the molecule is CC[C@@H](NC(=O)N1C(=O)[C@H](Cc2ccnc(N)c2)[C@H]1C(=O)N(C)c1ccn(C)n1)c1cc(C)ccc1F. The second kappa shape index (κ2) is 10.4. The van der Waals surface area contributed by atoms with Crippen LogP contribution in [-0.2, 0) is 23.1 Å². The first kappa shape index (κ1) is 25.8. The lowest BCUT2D eigenvalue weighted by atomic mass is 9.81. The van der Waals surface area contributed by atoms with Crippen molar-refractivity contribution in [1.29, 1.82) is 0 Å². The summed E-state index contributed by atoms with van der Waals surface area (Å²) in [4.78, 5) is 46.4. The molecular formula is C26H30FN7O3. The second-order valence-corrected chi connectivity index (χ2v) is 9.23. The van der Waals surface area contributed by atoms with E-state index in [1.54, 1.807) is 62.2 Å². The van der Waals surface area contributed by atoms with E-state index in [2.05, 4.69) is 15.4 Å². The normalized spacial score (nSPS) is 17.8. The quantitative estimate of drug-likeness (QED) is 0.474. The molecule has 0 aliphatic carbocycles. The number of carbonyl (C=O) groups is 3. The molecule has 194 valence electrons. The highest BCUT2D eigenvalue weighted by molar-refractivity contribution is 6.12. The minimum atomic E-state index is -1.08. The zero-order valence-corrected chi connectivity index (χ0v) is 21.2. The maximum Gasteiger partial charge on any atom is 0.325 e. The summed E-state index contributed by atoms with van der Waals surface area (Å²) in [6.07, 6.45) is 3.80. The van der Waals surface area contributed by atoms with Crippen LogP contribution in [0.2, 0.25) is 0 Å². The maximum absolute atomic E-state index is 14.6. The van der Waals surface area contributed by atoms with Crippen molar-refractivity contribution in [2.75, 3.05) is 17.7 Å². The molecule has 3 N–H and O–H groups in total. The summed E-state index contributed by atoms with van der Waals surface area (Å²) in [5.74, 6) is -1.54. The molecule has 1 aliphatic heterocycles. The lowest BCUT2D eigenvalue weighted by molar-refractivity contribution is -0.156. The van der Waals surface area contributed by atoms with Gasteiger partial charge >= 0.3 is 6.03 Å². The van der Waals surface area contributed by atoms with E-state index in [1.165, 1.54) is 17.2 Å². The average molecular weight is 508 g/mol. The fraction of sp³-hybridized carbons (Fsp3) is 0.346. The van der Waals surface area contributed by atoms with Crippen LogP contribution in [0.3, 0.4) is 0 Å². The standard InChI is InChI=1S/C26H30FN7O3/c1-5-20(17-12-15(2)6-7-19(17)27)30-26(37)34-23(25(36)33(4)22-9-11-32(3)31-22)18(24(34)35)13-16-8-10-29-21(28)14-16/h6-12,14,18,20,23H,5,13H2,1-4H3,(H2,28,29)(H,30,37)/t18-,20-,23+/m1/s1. The van der Waals surface area contributed by atoms with Gasteiger partial charge in [-0.05, 0) is 43.5 Å². The number of aromatic nitrogens is 3. The van der Waals surface area contributed by atoms with Gasteiger partial charge in [0.1, 0.15) is 17.7 Å². The van der Waals surface area contributed by atoms with Gasteiger partial charge in [0.2, 0.25) is 5.91 Å². The predicted octanol–water partition coefficient (Wildman–Crippen LogP) is 2.74. The Labute approximate surface area is 214 Å². The molecule has 3 atom stereocenters. The number of rotatable bonds is 7. The molecule has 0 unspecified atom stereocenters. The van der Waals surface area contributed by atoms with Gasteiger partial charge in [0.15, 0.2) is 5.82 Å². The Hall–Kier alpha value is -4.28. The van der Waals surface area contributed by atoms with Gasteiger partial charge in [-0.2, -0.15) is 5.10 Å². The smallest absolute Gasteiger partial charge is 0.325 e. The van der Waals surface area contributed by atoms with Crippen LogP contribution >= 0.6 is 0 Å². The number of benzene rings is 1. The van der Waals surface area contributed by atoms with Crippen LogP contribution in [0.4, 0.5) is 20.8 Å². The van der Waals surface area contributed by atoms with Gasteiger partial charge in [0.05, 0.1) is 12.0 Å². The molecule has 0 saturated carbocycles. The minimum absolute atomic E-state index is 0.200. The van der Waals surface area contributed by atoms with E-state index in [-0.39, 0.29) is 6.42 Å².